The van der Waals surface area contributed by atoms with Gasteiger partial charge in [-0.15, -0.1) is 5.10 Å². The second-order valence-corrected chi connectivity index (χ2v) is 7.36. The number of nitrogens with one attached hydrogen (secondary N) is 1. The highest BCUT2D eigenvalue weighted by Crippen LogP contribution is 2.40. The van der Waals surface area contributed by atoms with Crippen molar-refractivity contribution in [1.82, 2.24) is 24.9 Å². The number of carbonyl (C=O) groups is 1. The molecule has 1 amide bonds. The Morgan fingerprint density at radius 1 is 1.29 bits per heavy atom. The molecule has 7 nitrogen and oxygen atoms in total. The minimum atomic E-state index is -0.453. The molecule has 0 bridgehead atoms. The summed E-state index contributed by atoms with van der Waals surface area (Å²) in [5.41, 5.74) is 2.39. The third-order valence-corrected chi connectivity index (χ3v) is 5.14. The van der Waals surface area contributed by atoms with Crippen molar-refractivity contribution in [2.24, 2.45) is 0 Å². The first-order valence-electron chi connectivity index (χ1n) is 9.69. The van der Waals surface area contributed by atoms with Gasteiger partial charge in [-0.25, -0.2) is 18.3 Å². The maximum absolute atomic E-state index is 14.2. The van der Waals surface area contributed by atoms with Gasteiger partial charge in [0.05, 0.1) is 6.54 Å². The van der Waals surface area contributed by atoms with Crippen molar-refractivity contribution >= 4 is 11.7 Å². The van der Waals surface area contributed by atoms with E-state index >= 15 is 0 Å². The van der Waals surface area contributed by atoms with E-state index in [1.165, 1.54) is 22.7 Å². The Morgan fingerprint density at radius 2 is 2.16 bits per heavy atom. The molecule has 5 rings (SSSR count). The predicted octanol–water partition coefficient (Wildman–Crippen LogP) is 3.11. The van der Waals surface area contributed by atoms with Crippen LogP contribution in [0.25, 0.3) is 16.9 Å². The molecule has 3 heterocycles. The number of aromatic nitrogens is 4. The molecule has 31 heavy (non-hydrogen) atoms. The van der Waals surface area contributed by atoms with E-state index in [1.807, 2.05) is 0 Å². The Kier molecular flexibility index (Phi) is 4.58. The van der Waals surface area contributed by atoms with Crippen LogP contribution in [0.5, 0.6) is 5.75 Å². The van der Waals surface area contributed by atoms with Gasteiger partial charge in [0.15, 0.2) is 0 Å². The Balaban J connectivity index is 1.33. The number of hydrogen-bond donors (Lipinski definition) is 1. The summed E-state index contributed by atoms with van der Waals surface area (Å²) >= 11 is 0. The van der Waals surface area contributed by atoms with Crippen molar-refractivity contribution in [1.29, 1.82) is 0 Å². The maximum Gasteiger partial charge on any atom is 0.291 e. The highest BCUT2D eigenvalue weighted by Gasteiger charge is 2.28. The Morgan fingerprint density at radius 3 is 2.97 bits per heavy atom. The summed E-state index contributed by atoms with van der Waals surface area (Å²) in [7, 11) is 0. The van der Waals surface area contributed by atoms with Crippen molar-refractivity contribution in [3.63, 3.8) is 0 Å². The van der Waals surface area contributed by atoms with E-state index in [-0.39, 0.29) is 24.3 Å². The predicted molar refractivity (Wildman–Crippen MR) is 108 cm³/mol. The zero-order valence-corrected chi connectivity index (χ0v) is 16.5. The topological polar surface area (TPSA) is 81.4 Å². The van der Waals surface area contributed by atoms with Gasteiger partial charge in [-0.05, 0) is 48.4 Å². The lowest BCUT2D eigenvalue weighted by Crippen LogP contribution is -2.35. The summed E-state index contributed by atoms with van der Waals surface area (Å²) in [5.74, 6) is -0.304. The molecule has 2 aromatic carbocycles. The zero-order valence-electron chi connectivity index (χ0n) is 16.5. The van der Waals surface area contributed by atoms with Crippen molar-refractivity contribution < 1.29 is 18.3 Å². The number of aryl methyl sites for hydroxylation is 1. The Labute approximate surface area is 175 Å². The number of hydrogen-bond acceptors (Lipinski definition) is 5. The van der Waals surface area contributed by atoms with Gasteiger partial charge in [-0.3, -0.25) is 4.79 Å². The number of rotatable bonds is 4. The van der Waals surface area contributed by atoms with Gasteiger partial charge in [0, 0.05) is 29.9 Å². The minimum Gasteiger partial charge on any atom is -0.487 e. The number of amides is 1. The van der Waals surface area contributed by atoms with Gasteiger partial charge in [-0.2, -0.15) is 4.98 Å². The molecule has 1 aliphatic rings. The highest BCUT2D eigenvalue weighted by molar-refractivity contribution is 5.90. The van der Waals surface area contributed by atoms with Crippen LogP contribution in [0.2, 0.25) is 0 Å². The molecule has 0 fully saturated rings. The highest BCUT2D eigenvalue weighted by atomic mass is 19.1. The Hall–Kier alpha value is -3.88. The average molecular weight is 421 g/mol. The average Bonchev–Trinajstić information content (AvgIpc) is 3.37. The van der Waals surface area contributed by atoms with Gasteiger partial charge >= 0.3 is 0 Å². The molecule has 0 aliphatic carbocycles. The van der Waals surface area contributed by atoms with Crippen molar-refractivity contribution in [3.8, 4) is 16.9 Å². The molecule has 9 heteroatoms. The summed E-state index contributed by atoms with van der Waals surface area (Å²) in [6, 6.07) is 9.09. The summed E-state index contributed by atoms with van der Waals surface area (Å²) in [6.07, 6.45) is 3.27. The van der Waals surface area contributed by atoms with Crippen LogP contribution in [0.3, 0.4) is 0 Å². The first kappa shape index (κ1) is 19.1. The van der Waals surface area contributed by atoms with Crippen molar-refractivity contribution in [2.75, 3.05) is 6.54 Å². The molecule has 0 radical (unpaired) electrons. The SMILES string of the molecule is Cc1cc(-c2cc(F)cc3c2OC(CNC(=O)c2nc4ncccn4n2)C3)ccc1F. The monoisotopic (exact) mass is 421 g/mol. The quantitative estimate of drug-likeness (QED) is 0.548. The summed E-state index contributed by atoms with van der Waals surface area (Å²) in [6.45, 7) is 1.85. The van der Waals surface area contributed by atoms with Crippen LogP contribution in [0.4, 0.5) is 8.78 Å². The van der Waals surface area contributed by atoms with Crippen LogP contribution in [0.1, 0.15) is 21.7 Å². The van der Waals surface area contributed by atoms with E-state index in [4.69, 9.17) is 4.74 Å². The first-order valence-corrected chi connectivity index (χ1v) is 9.69. The number of ether oxygens (including phenoxy) is 1. The van der Waals surface area contributed by atoms with Gasteiger partial charge < -0.3 is 10.1 Å². The summed E-state index contributed by atoms with van der Waals surface area (Å²) < 4.78 is 35.3. The largest absolute Gasteiger partial charge is 0.487 e. The molecule has 4 aromatic rings. The molecule has 0 saturated carbocycles. The molecule has 1 unspecified atom stereocenters. The molecular weight excluding hydrogens is 404 g/mol. The number of fused-ring (bicyclic) bond motifs is 2. The van der Waals surface area contributed by atoms with E-state index in [0.717, 1.165) is 0 Å². The van der Waals surface area contributed by atoms with Crippen LogP contribution in [0, 0.1) is 18.6 Å². The van der Waals surface area contributed by atoms with Gasteiger partial charge in [0.1, 0.15) is 23.5 Å². The summed E-state index contributed by atoms with van der Waals surface area (Å²) in [4.78, 5) is 20.5. The molecular formula is C22H17F2N5O2. The van der Waals surface area contributed by atoms with Crippen molar-refractivity contribution in [2.45, 2.75) is 19.4 Å². The van der Waals surface area contributed by atoms with E-state index in [9.17, 15) is 13.6 Å². The summed E-state index contributed by atoms with van der Waals surface area (Å²) in [5, 5.41) is 6.84. The second-order valence-electron chi connectivity index (χ2n) is 7.36. The molecule has 156 valence electrons. The maximum atomic E-state index is 14.2. The van der Waals surface area contributed by atoms with Crippen LogP contribution >= 0.6 is 0 Å². The number of halogens is 2. The van der Waals surface area contributed by atoms with Gasteiger partial charge in [0.25, 0.3) is 11.7 Å². The van der Waals surface area contributed by atoms with E-state index < -0.39 is 11.7 Å². The van der Waals surface area contributed by atoms with Crippen LogP contribution in [-0.2, 0) is 6.42 Å². The third kappa shape index (κ3) is 3.58. The standard InChI is InChI=1S/C22H17F2N5O2/c1-12-7-13(3-4-18(12)24)17-10-15(23)8-14-9-16(31-19(14)17)11-26-21(30)20-27-22-25-5-2-6-29(22)28-20/h2-8,10,16H,9,11H2,1H3,(H,26,30). The third-order valence-electron chi connectivity index (χ3n) is 5.14. The van der Waals surface area contributed by atoms with Crippen LogP contribution in [0.15, 0.2) is 48.8 Å². The Bertz CT molecular complexity index is 1290. The smallest absolute Gasteiger partial charge is 0.291 e. The lowest BCUT2D eigenvalue weighted by Gasteiger charge is -2.13. The molecule has 0 saturated heterocycles. The number of carbonyl (C=O) groups excluding carboxylic acids is 1. The number of nitrogens with zero attached hydrogens (tertiary/aromatic N) is 4. The molecule has 1 atom stereocenters. The van der Waals surface area contributed by atoms with Gasteiger partial charge in [-0.1, -0.05) is 6.07 Å². The molecule has 1 aliphatic heterocycles. The molecule has 0 spiro atoms. The molecule has 1 N–H and O–H groups in total. The fraction of sp³-hybridized carbons (Fsp3) is 0.182. The fourth-order valence-electron chi connectivity index (χ4n) is 3.65. The first-order chi connectivity index (χ1) is 15.0. The van der Waals surface area contributed by atoms with Crippen LogP contribution < -0.4 is 10.1 Å². The zero-order chi connectivity index (χ0) is 21.5. The lowest BCUT2D eigenvalue weighted by atomic mass is 9.99. The number of benzene rings is 2. The van der Waals surface area contributed by atoms with E-state index in [1.54, 1.807) is 37.5 Å². The molecule has 2 aromatic heterocycles. The van der Waals surface area contributed by atoms with Crippen LogP contribution in [-0.4, -0.2) is 38.1 Å². The minimum absolute atomic E-state index is 0.00253. The van der Waals surface area contributed by atoms with E-state index in [0.29, 0.717) is 40.2 Å². The van der Waals surface area contributed by atoms with Gasteiger partial charge in [0.2, 0.25) is 5.82 Å². The van der Waals surface area contributed by atoms with E-state index in [2.05, 4.69) is 20.4 Å². The fourth-order valence-corrected chi connectivity index (χ4v) is 3.65. The normalized spacial score (nSPS) is 15.0. The second kappa shape index (κ2) is 7.42. The lowest BCUT2D eigenvalue weighted by molar-refractivity contribution is 0.0923. The van der Waals surface area contributed by atoms with Crippen molar-refractivity contribution in [3.05, 3.63) is 77.4 Å².